The van der Waals surface area contributed by atoms with E-state index in [4.69, 9.17) is 5.73 Å². The maximum absolute atomic E-state index is 11.6. The largest absolute Gasteiger partial charge is 0.353 e. The zero-order chi connectivity index (χ0) is 13.5. The van der Waals surface area contributed by atoms with Gasteiger partial charge < -0.3 is 15.6 Å². The lowest BCUT2D eigenvalue weighted by molar-refractivity contribution is -0.119. The summed E-state index contributed by atoms with van der Waals surface area (Å²) in [5.74, 6) is 1.20. The van der Waals surface area contributed by atoms with Crippen LogP contribution in [0.3, 0.4) is 0 Å². The van der Waals surface area contributed by atoms with Gasteiger partial charge in [0.05, 0.1) is 5.75 Å². The van der Waals surface area contributed by atoms with E-state index in [-0.39, 0.29) is 11.9 Å². The number of carbonyl (C=O) groups excluding carboxylic acids is 1. The Balaban J connectivity index is 2.50. The number of hydrogen-bond acceptors (Lipinski definition) is 5. The van der Waals surface area contributed by atoms with Gasteiger partial charge in [0.15, 0.2) is 5.16 Å². The monoisotopic (exact) mass is 271 g/mol. The highest BCUT2D eigenvalue weighted by molar-refractivity contribution is 7.99. The van der Waals surface area contributed by atoms with Gasteiger partial charge in [-0.05, 0) is 20.3 Å². The Labute approximate surface area is 112 Å². The number of thioether (sulfide) groups is 1. The predicted molar refractivity (Wildman–Crippen MR) is 72.4 cm³/mol. The Kier molecular flexibility index (Phi) is 6.14. The van der Waals surface area contributed by atoms with Crippen LogP contribution in [0.5, 0.6) is 0 Å². The highest BCUT2D eigenvalue weighted by atomic mass is 32.2. The molecule has 0 aliphatic heterocycles. The molecule has 0 spiro atoms. The SMILES string of the molecule is CCC(C)NC(=O)CSc1nnc(C)n1CCN. The van der Waals surface area contributed by atoms with Crippen LogP contribution in [0.15, 0.2) is 5.16 Å². The number of amides is 1. The molecule has 0 radical (unpaired) electrons. The minimum Gasteiger partial charge on any atom is -0.353 e. The quantitative estimate of drug-likeness (QED) is 0.707. The number of hydrogen-bond donors (Lipinski definition) is 2. The fourth-order valence-electron chi connectivity index (χ4n) is 1.40. The van der Waals surface area contributed by atoms with Crippen LogP contribution in [-0.4, -0.2) is 39.0 Å². The number of rotatable bonds is 7. The molecule has 0 saturated heterocycles. The second kappa shape index (κ2) is 7.38. The minimum absolute atomic E-state index is 0.0225. The Morgan fingerprint density at radius 2 is 2.28 bits per heavy atom. The normalized spacial score (nSPS) is 12.4. The van der Waals surface area contributed by atoms with Gasteiger partial charge in [0.1, 0.15) is 5.82 Å². The van der Waals surface area contributed by atoms with E-state index in [0.29, 0.717) is 18.8 Å². The first-order valence-corrected chi connectivity index (χ1v) is 7.09. The summed E-state index contributed by atoms with van der Waals surface area (Å²) in [7, 11) is 0. The van der Waals surface area contributed by atoms with Crippen molar-refractivity contribution in [1.82, 2.24) is 20.1 Å². The van der Waals surface area contributed by atoms with Crippen LogP contribution in [0, 0.1) is 6.92 Å². The highest BCUT2D eigenvalue weighted by Gasteiger charge is 2.12. The molecule has 1 amide bonds. The number of aryl methyl sites for hydroxylation is 1. The number of nitrogens with one attached hydrogen (secondary N) is 1. The Bertz CT molecular complexity index is 393. The van der Waals surface area contributed by atoms with Gasteiger partial charge in [-0.1, -0.05) is 18.7 Å². The summed E-state index contributed by atoms with van der Waals surface area (Å²) in [5, 5.41) is 11.7. The molecule has 0 bridgehead atoms. The summed E-state index contributed by atoms with van der Waals surface area (Å²) in [6.45, 7) is 7.12. The van der Waals surface area contributed by atoms with Crippen molar-refractivity contribution in [3.63, 3.8) is 0 Å². The van der Waals surface area contributed by atoms with Crippen LogP contribution in [0.4, 0.5) is 0 Å². The second-order valence-corrected chi connectivity index (χ2v) is 5.08. The molecule has 0 saturated carbocycles. The van der Waals surface area contributed by atoms with E-state index in [1.807, 2.05) is 25.3 Å². The molecule has 3 N–H and O–H groups in total. The highest BCUT2D eigenvalue weighted by Crippen LogP contribution is 2.16. The number of nitrogens with zero attached hydrogens (tertiary/aromatic N) is 3. The third-order valence-corrected chi connectivity index (χ3v) is 3.57. The standard InChI is InChI=1S/C11H21N5OS/c1-4-8(2)13-10(17)7-18-11-15-14-9(3)16(11)6-5-12/h8H,4-7,12H2,1-3H3,(H,13,17). The molecule has 1 atom stereocenters. The van der Waals surface area contributed by atoms with Gasteiger partial charge in [-0.3, -0.25) is 4.79 Å². The predicted octanol–water partition coefficient (Wildman–Crippen LogP) is 0.552. The molecule has 1 aromatic heterocycles. The number of aromatic nitrogens is 3. The summed E-state index contributed by atoms with van der Waals surface area (Å²) in [5.41, 5.74) is 5.53. The third-order valence-electron chi connectivity index (χ3n) is 2.61. The zero-order valence-electron chi connectivity index (χ0n) is 11.1. The lowest BCUT2D eigenvalue weighted by Crippen LogP contribution is -2.33. The van der Waals surface area contributed by atoms with Crippen LogP contribution < -0.4 is 11.1 Å². The Morgan fingerprint density at radius 3 is 2.89 bits per heavy atom. The van der Waals surface area contributed by atoms with Crippen LogP contribution >= 0.6 is 11.8 Å². The fraction of sp³-hybridized carbons (Fsp3) is 0.727. The van der Waals surface area contributed by atoms with E-state index in [1.165, 1.54) is 11.8 Å². The topological polar surface area (TPSA) is 85.8 Å². The average Bonchev–Trinajstić information content (AvgIpc) is 2.69. The van der Waals surface area contributed by atoms with Gasteiger partial charge in [-0.25, -0.2) is 0 Å². The summed E-state index contributed by atoms with van der Waals surface area (Å²) < 4.78 is 1.93. The van der Waals surface area contributed by atoms with Gasteiger partial charge in [-0.2, -0.15) is 0 Å². The molecule has 1 aromatic rings. The van der Waals surface area contributed by atoms with Crippen molar-refractivity contribution in [2.24, 2.45) is 5.73 Å². The van der Waals surface area contributed by atoms with Crippen LogP contribution in [0.25, 0.3) is 0 Å². The van der Waals surface area contributed by atoms with E-state index in [1.54, 1.807) is 0 Å². The first-order chi connectivity index (χ1) is 8.58. The van der Waals surface area contributed by atoms with Crippen molar-refractivity contribution in [2.45, 2.75) is 44.9 Å². The van der Waals surface area contributed by atoms with E-state index >= 15 is 0 Å². The summed E-state index contributed by atoms with van der Waals surface area (Å²) in [6, 6.07) is 0.210. The maximum atomic E-state index is 11.6. The van der Waals surface area contributed by atoms with Gasteiger partial charge in [-0.15, -0.1) is 10.2 Å². The smallest absolute Gasteiger partial charge is 0.230 e. The average molecular weight is 271 g/mol. The molecule has 0 fully saturated rings. The molecule has 0 aromatic carbocycles. The van der Waals surface area contributed by atoms with E-state index in [9.17, 15) is 4.79 Å². The van der Waals surface area contributed by atoms with Gasteiger partial charge in [0, 0.05) is 19.1 Å². The lowest BCUT2D eigenvalue weighted by atomic mass is 10.3. The third kappa shape index (κ3) is 4.30. The minimum atomic E-state index is 0.0225. The summed E-state index contributed by atoms with van der Waals surface area (Å²) in [4.78, 5) is 11.6. The summed E-state index contributed by atoms with van der Waals surface area (Å²) >= 11 is 1.39. The Hall–Kier alpha value is -1.08. The van der Waals surface area contributed by atoms with Crippen molar-refractivity contribution in [1.29, 1.82) is 0 Å². The van der Waals surface area contributed by atoms with Gasteiger partial charge in [0.25, 0.3) is 0 Å². The maximum Gasteiger partial charge on any atom is 0.230 e. The van der Waals surface area contributed by atoms with Crippen molar-refractivity contribution < 1.29 is 4.79 Å². The molecule has 0 aliphatic rings. The molecule has 7 heteroatoms. The molecular weight excluding hydrogens is 250 g/mol. The zero-order valence-corrected chi connectivity index (χ0v) is 12.0. The Morgan fingerprint density at radius 1 is 1.56 bits per heavy atom. The van der Waals surface area contributed by atoms with Crippen molar-refractivity contribution >= 4 is 17.7 Å². The first kappa shape index (κ1) is 15.0. The first-order valence-electron chi connectivity index (χ1n) is 6.10. The van der Waals surface area contributed by atoms with Crippen molar-refractivity contribution in [3.05, 3.63) is 5.82 Å². The molecular formula is C11H21N5OS. The molecule has 18 heavy (non-hydrogen) atoms. The lowest BCUT2D eigenvalue weighted by Gasteiger charge is -2.11. The molecule has 1 rings (SSSR count). The van der Waals surface area contributed by atoms with E-state index < -0.39 is 0 Å². The fourth-order valence-corrected chi connectivity index (χ4v) is 2.22. The molecule has 0 aliphatic carbocycles. The second-order valence-electron chi connectivity index (χ2n) is 4.14. The van der Waals surface area contributed by atoms with Crippen molar-refractivity contribution in [3.8, 4) is 0 Å². The molecule has 6 nitrogen and oxygen atoms in total. The van der Waals surface area contributed by atoms with Gasteiger partial charge in [0.2, 0.25) is 5.91 Å². The molecule has 102 valence electrons. The van der Waals surface area contributed by atoms with E-state index in [0.717, 1.165) is 17.4 Å². The summed E-state index contributed by atoms with van der Waals surface area (Å²) in [6.07, 6.45) is 0.929. The van der Waals surface area contributed by atoms with Crippen LogP contribution in [-0.2, 0) is 11.3 Å². The molecule has 1 heterocycles. The number of nitrogens with two attached hydrogens (primary N) is 1. The van der Waals surface area contributed by atoms with Crippen LogP contribution in [0.2, 0.25) is 0 Å². The van der Waals surface area contributed by atoms with Crippen LogP contribution in [0.1, 0.15) is 26.1 Å². The van der Waals surface area contributed by atoms with Gasteiger partial charge >= 0.3 is 0 Å². The molecule has 1 unspecified atom stereocenters. The van der Waals surface area contributed by atoms with Crippen molar-refractivity contribution in [2.75, 3.05) is 12.3 Å². The van der Waals surface area contributed by atoms with E-state index in [2.05, 4.69) is 15.5 Å². The number of carbonyl (C=O) groups is 1.